The number of imidazole rings is 3. The highest BCUT2D eigenvalue weighted by atomic mass is 16.5. The second-order valence-electron chi connectivity index (χ2n) is 9.65. The Morgan fingerprint density at radius 3 is 2.71 bits per heavy atom. The summed E-state index contributed by atoms with van der Waals surface area (Å²) in [4.78, 5) is 41.4. The van der Waals surface area contributed by atoms with Gasteiger partial charge in [0.15, 0.2) is 0 Å². The van der Waals surface area contributed by atoms with Crippen LogP contribution in [-0.4, -0.2) is 59.2 Å². The highest BCUT2D eigenvalue weighted by Crippen LogP contribution is 2.28. The summed E-state index contributed by atoms with van der Waals surface area (Å²) in [6, 6.07) is 17.8. The van der Waals surface area contributed by atoms with Gasteiger partial charge < -0.3 is 29.3 Å². The summed E-state index contributed by atoms with van der Waals surface area (Å²) >= 11 is 0. The average Bonchev–Trinajstić information content (AvgIpc) is 3.74. The van der Waals surface area contributed by atoms with Gasteiger partial charge in [-0.2, -0.15) is 0 Å². The lowest BCUT2D eigenvalue weighted by molar-refractivity contribution is 0.0691. The summed E-state index contributed by atoms with van der Waals surface area (Å²) in [6.45, 7) is 2.39. The number of H-pyrrole nitrogens is 1. The van der Waals surface area contributed by atoms with Crippen molar-refractivity contribution in [3.63, 3.8) is 0 Å². The fourth-order valence-corrected chi connectivity index (χ4v) is 4.85. The molecule has 0 saturated heterocycles. The first kappa shape index (κ1) is 25.8. The van der Waals surface area contributed by atoms with Crippen molar-refractivity contribution in [1.82, 2.24) is 34.4 Å². The van der Waals surface area contributed by atoms with Gasteiger partial charge in [0, 0.05) is 30.7 Å². The minimum Gasteiger partial charge on any atom is -0.491 e. The molecule has 3 N–H and O–H groups in total. The van der Waals surface area contributed by atoms with Crippen LogP contribution in [0.2, 0.25) is 0 Å². The number of ether oxygens (including phenoxy) is 1. The van der Waals surface area contributed by atoms with Crippen molar-refractivity contribution in [3.8, 4) is 11.4 Å². The molecule has 0 saturated carbocycles. The van der Waals surface area contributed by atoms with Crippen molar-refractivity contribution in [1.29, 1.82) is 0 Å². The lowest BCUT2D eigenvalue weighted by Gasteiger charge is -2.10. The number of aromatic carboxylic acids is 1. The van der Waals surface area contributed by atoms with E-state index in [0.29, 0.717) is 5.56 Å². The molecule has 1 amide bonds. The molecule has 206 valence electrons. The summed E-state index contributed by atoms with van der Waals surface area (Å²) in [5.41, 5.74) is 4.94. The van der Waals surface area contributed by atoms with E-state index in [9.17, 15) is 14.7 Å². The van der Waals surface area contributed by atoms with Crippen molar-refractivity contribution >= 4 is 33.9 Å². The van der Waals surface area contributed by atoms with Crippen molar-refractivity contribution < 1.29 is 19.4 Å². The number of amides is 1. The molecule has 0 fully saturated rings. The maximum Gasteiger partial charge on any atom is 0.339 e. The van der Waals surface area contributed by atoms with Gasteiger partial charge in [0.2, 0.25) is 0 Å². The third-order valence-electron chi connectivity index (χ3n) is 7.02. The van der Waals surface area contributed by atoms with Gasteiger partial charge in [-0.1, -0.05) is 12.1 Å². The van der Waals surface area contributed by atoms with Gasteiger partial charge in [-0.3, -0.25) is 4.79 Å². The van der Waals surface area contributed by atoms with Crippen LogP contribution in [0.15, 0.2) is 79.4 Å². The smallest absolute Gasteiger partial charge is 0.339 e. The molecule has 1 unspecified atom stereocenters. The van der Waals surface area contributed by atoms with Gasteiger partial charge in [-0.15, -0.1) is 0 Å². The zero-order valence-electron chi connectivity index (χ0n) is 22.4. The molecule has 6 aromatic rings. The molecule has 0 spiro atoms. The number of carbonyl (C=O) groups is 2. The number of carboxylic acids is 1. The van der Waals surface area contributed by atoms with Crippen molar-refractivity contribution in [3.05, 3.63) is 102 Å². The topological polar surface area (TPSA) is 140 Å². The summed E-state index contributed by atoms with van der Waals surface area (Å²) in [7, 11) is 1.93. The molecule has 0 radical (unpaired) electrons. The molecular formula is C30H27N7O4. The zero-order chi connectivity index (χ0) is 28.5. The number of aromatic nitrogens is 6. The summed E-state index contributed by atoms with van der Waals surface area (Å²) < 4.78 is 9.49. The number of aromatic amines is 1. The Morgan fingerprint density at radius 1 is 1.07 bits per heavy atom. The largest absolute Gasteiger partial charge is 0.491 e. The number of aryl methyl sites for hydroxylation is 1. The highest BCUT2D eigenvalue weighted by Gasteiger charge is 2.21. The van der Waals surface area contributed by atoms with Crippen LogP contribution in [0.3, 0.4) is 0 Å². The van der Waals surface area contributed by atoms with Crippen LogP contribution in [0.5, 0.6) is 5.75 Å². The summed E-state index contributed by atoms with van der Waals surface area (Å²) in [5.74, 6) is 0.419. The average molecular weight is 550 g/mol. The zero-order valence-corrected chi connectivity index (χ0v) is 22.4. The van der Waals surface area contributed by atoms with Gasteiger partial charge in [0.05, 0.1) is 40.9 Å². The molecule has 0 aliphatic rings. The molecule has 3 heterocycles. The number of nitrogens with one attached hydrogen (secondary N) is 2. The van der Waals surface area contributed by atoms with E-state index in [1.54, 1.807) is 36.8 Å². The Labute approximate surface area is 234 Å². The molecule has 11 heteroatoms. The first-order chi connectivity index (χ1) is 19.9. The van der Waals surface area contributed by atoms with Crippen molar-refractivity contribution in [2.45, 2.75) is 12.8 Å². The van der Waals surface area contributed by atoms with Crippen molar-refractivity contribution in [2.75, 3.05) is 13.2 Å². The van der Waals surface area contributed by atoms with E-state index in [-0.39, 0.29) is 36.3 Å². The van der Waals surface area contributed by atoms with Crippen LogP contribution in [0.1, 0.15) is 45.2 Å². The van der Waals surface area contributed by atoms with E-state index in [0.717, 1.165) is 39.4 Å². The van der Waals surface area contributed by atoms with E-state index in [1.165, 1.54) is 6.07 Å². The van der Waals surface area contributed by atoms with Gasteiger partial charge in [0.25, 0.3) is 5.91 Å². The number of fused-ring (bicyclic) bond motifs is 2. The van der Waals surface area contributed by atoms with Crippen LogP contribution < -0.4 is 10.1 Å². The maximum absolute atomic E-state index is 12.8. The standard InChI is InChI=1S/C30H27N7O4/c1-18(27-33-22-10-8-20(16-24(22)34-27)37-13-11-31-17-37)28-35-23-9-7-19(15-25(23)36(28)2)29(38)32-12-14-41-26-6-4-3-5-21(26)30(39)40/h3-11,13,15-18H,12,14H2,1-2H3,(H,32,38)(H,33,34)(H,39,40). The first-order valence-electron chi connectivity index (χ1n) is 13.1. The number of hydrogen-bond donors (Lipinski definition) is 3. The minimum atomic E-state index is -1.07. The fourth-order valence-electron chi connectivity index (χ4n) is 4.85. The van der Waals surface area contributed by atoms with Gasteiger partial charge in [0.1, 0.15) is 29.6 Å². The Morgan fingerprint density at radius 2 is 1.90 bits per heavy atom. The maximum atomic E-state index is 12.8. The van der Waals surface area contributed by atoms with Gasteiger partial charge in [-0.05, 0) is 55.5 Å². The molecular weight excluding hydrogens is 522 g/mol. The highest BCUT2D eigenvalue weighted by molar-refractivity contribution is 5.97. The normalized spacial score (nSPS) is 12.0. The molecule has 0 aliphatic heterocycles. The monoisotopic (exact) mass is 549 g/mol. The molecule has 11 nitrogen and oxygen atoms in total. The third kappa shape index (κ3) is 5.00. The number of para-hydroxylation sites is 1. The third-order valence-corrected chi connectivity index (χ3v) is 7.02. The Bertz CT molecular complexity index is 1890. The van der Waals surface area contributed by atoms with Crippen LogP contribution in [0.4, 0.5) is 0 Å². The number of hydrogen-bond acceptors (Lipinski definition) is 6. The molecule has 0 bridgehead atoms. The number of rotatable bonds is 9. The van der Waals surface area contributed by atoms with E-state index in [4.69, 9.17) is 14.7 Å². The Balaban J connectivity index is 1.16. The number of carbonyl (C=O) groups excluding carboxylic acids is 1. The van der Waals surface area contributed by atoms with E-state index in [1.807, 2.05) is 59.6 Å². The summed E-state index contributed by atoms with van der Waals surface area (Å²) in [5, 5.41) is 12.1. The summed E-state index contributed by atoms with van der Waals surface area (Å²) in [6.07, 6.45) is 5.39. The molecule has 0 aliphatic carbocycles. The minimum absolute atomic E-state index is 0.0763. The SMILES string of the molecule is CC(c1nc2ccc(-n3ccnc3)cc2[nH]1)c1nc2ccc(C(=O)NCCOc3ccccc3C(=O)O)cc2n1C. The van der Waals surface area contributed by atoms with E-state index >= 15 is 0 Å². The van der Waals surface area contributed by atoms with Gasteiger partial charge >= 0.3 is 5.97 Å². The second kappa shape index (κ2) is 10.6. The number of carboxylic acid groups (broad SMARTS) is 1. The van der Waals surface area contributed by atoms with Gasteiger partial charge in [-0.25, -0.2) is 19.7 Å². The van der Waals surface area contributed by atoms with Crippen molar-refractivity contribution in [2.24, 2.45) is 7.05 Å². The van der Waals surface area contributed by atoms with E-state index in [2.05, 4.69) is 15.3 Å². The predicted octanol–water partition coefficient (Wildman–Crippen LogP) is 4.29. The fraction of sp³-hybridized carbons (Fsp3) is 0.167. The Kier molecular flexibility index (Phi) is 6.68. The second-order valence-corrected chi connectivity index (χ2v) is 9.65. The van der Waals surface area contributed by atoms with E-state index < -0.39 is 5.97 Å². The predicted molar refractivity (Wildman–Crippen MR) is 153 cm³/mol. The quantitative estimate of drug-likeness (QED) is 0.229. The lowest BCUT2D eigenvalue weighted by Crippen LogP contribution is -2.28. The first-order valence-corrected chi connectivity index (χ1v) is 13.1. The van der Waals surface area contributed by atoms with Crippen LogP contribution in [-0.2, 0) is 7.05 Å². The lowest BCUT2D eigenvalue weighted by atomic mass is 10.1. The molecule has 41 heavy (non-hydrogen) atoms. The van der Waals surface area contributed by atoms with Crippen LogP contribution in [0.25, 0.3) is 27.8 Å². The number of nitrogens with zero attached hydrogens (tertiary/aromatic N) is 5. The molecule has 6 rings (SSSR count). The van der Waals surface area contributed by atoms with Crippen LogP contribution >= 0.6 is 0 Å². The van der Waals surface area contributed by atoms with Crippen LogP contribution in [0, 0.1) is 0 Å². The molecule has 1 atom stereocenters. The molecule has 3 aromatic heterocycles. The Hall–Kier alpha value is -5.45. The number of benzene rings is 3. The molecule has 3 aromatic carbocycles.